The Morgan fingerprint density at radius 3 is 2.75 bits per heavy atom. The SMILES string of the molecule is O=C(O)c1cnc(NCC2CCC3(CCC3)CO2)cn1. The molecule has 1 saturated heterocycles. The second-order valence-corrected chi connectivity index (χ2v) is 5.80. The van der Waals surface area contributed by atoms with Crippen LogP contribution in [0.25, 0.3) is 0 Å². The van der Waals surface area contributed by atoms with Crippen molar-refractivity contribution in [3.05, 3.63) is 18.1 Å². The maximum Gasteiger partial charge on any atom is 0.356 e. The molecule has 0 radical (unpaired) electrons. The Morgan fingerprint density at radius 1 is 1.40 bits per heavy atom. The van der Waals surface area contributed by atoms with E-state index in [0.717, 1.165) is 13.0 Å². The Balaban J connectivity index is 1.46. The summed E-state index contributed by atoms with van der Waals surface area (Å²) in [5.41, 5.74) is 0.441. The molecule has 2 aliphatic rings. The maximum absolute atomic E-state index is 10.7. The monoisotopic (exact) mass is 277 g/mol. The summed E-state index contributed by atoms with van der Waals surface area (Å²) in [5, 5.41) is 11.9. The van der Waals surface area contributed by atoms with E-state index in [1.807, 2.05) is 0 Å². The molecule has 1 atom stereocenters. The summed E-state index contributed by atoms with van der Waals surface area (Å²) >= 11 is 0. The fourth-order valence-electron chi connectivity index (χ4n) is 2.90. The van der Waals surface area contributed by atoms with E-state index >= 15 is 0 Å². The molecule has 0 aromatic carbocycles. The Morgan fingerprint density at radius 2 is 2.25 bits per heavy atom. The number of hydrogen-bond donors (Lipinski definition) is 2. The number of anilines is 1. The number of nitrogens with zero attached hydrogens (tertiary/aromatic N) is 2. The van der Waals surface area contributed by atoms with Crippen LogP contribution >= 0.6 is 0 Å². The van der Waals surface area contributed by atoms with E-state index in [1.54, 1.807) is 0 Å². The molecule has 1 aliphatic carbocycles. The van der Waals surface area contributed by atoms with E-state index in [4.69, 9.17) is 9.84 Å². The van der Waals surface area contributed by atoms with Crippen molar-refractivity contribution in [1.82, 2.24) is 9.97 Å². The first-order chi connectivity index (χ1) is 9.67. The molecule has 2 heterocycles. The van der Waals surface area contributed by atoms with Gasteiger partial charge in [-0.25, -0.2) is 14.8 Å². The maximum atomic E-state index is 10.7. The van der Waals surface area contributed by atoms with E-state index in [2.05, 4.69) is 15.3 Å². The molecule has 1 saturated carbocycles. The Kier molecular flexibility index (Phi) is 3.56. The zero-order chi connectivity index (χ0) is 14.0. The highest BCUT2D eigenvalue weighted by Crippen LogP contribution is 2.47. The Bertz CT molecular complexity index is 475. The van der Waals surface area contributed by atoms with Crippen molar-refractivity contribution in [2.75, 3.05) is 18.5 Å². The molecule has 3 rings (SSSR count). The Labute approximate surface area is 117 Å². The van der Waals surface area contributed by atoms with Crippen molar-refractivity contribution in [3.8, 4) is 0 Å². The first kappa shape index (κ1) is 13.3. The standard InChI is InChI=1S/C14H19N3O3/c18-13(19)11-7-17-12(8-15-11)16-6-10-2-5-14(9-20-10)3-1-4-14/h7-8,10H,1-6,9H2,(H,16,17)(H,18,19). The zero-order valence-corrected chi connectivity index (χ0v) is 11.3. The first-order valence-electron chi connectivity index (χ1n) is 7.08. The molecule has 0 amide bonds. The summed E-state index contributed by atoms with van der Waals surface area (Å²) in [6, 6.07) is 0. The van der Waals surface area contributed by atoms with Gasteiger partial charge in [-0.05, 0) is 31.1 Å². The van der Waals surface area contributed by atoms with Crippen LogP contribution in [0.4, 0.5) is 5.82 Å². The lowest BCUT2D eigenvalue weighted by molar-refractivity contribution is -0.0909. The molecule has 2 N–H and O–H groups in total. The van der Waals surface area contributed by atoms with Crippen LogP contribution < -0.4 is 5.32 Å². The summed E-state index contributed by atoms with van der Waals surface area (Å²) in [6.07, 6.45) is 9.22. The van der Waals surface area contributed by atoms with Gasteiger partial charge in [0.25, 0.3) is 0 Å². The topological polar surface area (TPSA) is 84.3 Å². The molecule has 6 nitrogen and oxygen atoms in total. The zero-order valence-electron chi connectivity index (χ0n) is 11.3. The van der Waals surface area contributed by atoms with Gasteiger partial charge in [-0.3, -0.25) is 0 Å². The van der Waals surface area contributed by atoms with Gasteiger partial charge in [0.2, 0.25) is 0 Å². The van der Waals surface area contributed by atoms with Crippen molar-refractivity contribution in [2.45, 2.75) is 38.2 Å². The highest BCUT2D eigenvalue weighted by Gasteiger charge is 2.40. The fraction of sp³-hybridized carbons (Fsp3) is 0.643. The largest absolute Gasteiger partial charge is 0.476 e. The van der Waals surface area contributed by atoms with Gasteiger partial charge in [-0.15, -0.1) is 0 Å². The highest BCUT2D eigenvalue weighted by molar-refractivity contribution is 5.84. The normalized spacial score (nSPS) is 24.1. The summed E-state index contributed by atoms with van der Waals surface area (Å²) < 4.78 is 5.91. The quantitative estimate of drug-likeness (QED) is 0.875. The van der Waals surface area contributed by atoms with E-state index < -0.39 is 5.97 Å². The predicted octanol–water partition coefficient (Wildman–Crippen LogP) is 1.94. The predicted molar refractivity (Wildman–Crippen MR) is 72.7 cm³/mol. The molecular formula is C14H19N3O3. The second-order valence-electron chi connectivity index (χ2n) is 5.80. The van der Waals surface area contributed by atoms with Crippen molar-refractivity contribution in [2.24, 2.45) is 5.41 Å². The highest BCUT2D eigenvalue weighted by atomic mass is 16.5. The number of carboxylic acid groups (broad SMARTS) is 1. The van der Waals surface area contributed by atoms with Crippen molar-refractivity contribution >= 4 is 11.8 Å². The summed E-state index contributed by atoms with van der Waals surface area (Å²) in [6.45, 7) is 1.57. The molecule has 20 heavy (non-hydrogen) atoms. The lowest BCUT2D eigenvalue weighted by Crippen LogP contribution is -2.42. The molecular weight excluding hydrogens is 258 g/mol. The van der Waals surface area contributed by atoms with E-state index in [1.165, 1.54) is 38.1 Å². The minimum atomic E-state index is -1.06. The van der Waals surface area contributed by atoms with Crippen LogP contribution in [0.5, 0.6) is 0 Å². The van der Waals surface area contributed by atoms with Crippen molar-refractivity contribution in [3.63, 3.8) is 0 Å². The second kappa shape index (κ2) is 5.36. The van der Waals surface area contributed by atoms with Crippen molar-refractivity contribution in [1.29, 1.82) is 0 Å². The van der Waals surface area contributed by atoms with E-state index in [9.17, 15) is 4.79 Å². The van der Waals surface area contributed by atoms with Gasteiger partial charge in [-0.1, -0.05) is 6.42 Å². The van der Waals surface area contributed by atoms with Crippen LogP contribution in [0, 0.1) is 5.41 Å². The molecule has 1 aromatic heterocycles. The average Bonchev–Trinajstić information content (AvgIpc) is 2.44. The number of aromatic carboxylic acids is 1. The molecule has 6 heteroatoms. The summed E-state index contributed by atoms with van der Waals surface area (Å²) in [7, 11) is 0. The number of hydrogen-bond acceptors (Lipinski definition) is 5. The lowest BCUT2D eigenvalue weighted by atomic mass is 9.65. The van der Waals surface area contributed by atoms with Crippen LogP contribution in [0.3, 0.4) is 0 Å². The number of carboxylic acids is 1. The number of nitrogens with one attached hydrogen (secondary N) is 1. The summed E-state index contributed by atoms with van der Waals surface area (Å²) in [5.74, 6) is -0.479. The molecule has 1 spiro atoms. The van der Waals surface area contributed by atoms with Crippen LogP contribution in [0.1, 0.15) is 42.6 Å². The minimum absolute atomic E-state index is 0.0450. The van der Waals surface area contributed by atoms with Gasteiger partial charge < -0.3 is 15.2 Å². The molecule has 1 aromatic rings. The number of carbonyl (C=O) groups is 1. The van der Waals surface area contributed by atoms with Gasteiger partial charge in [-0.2, -0.15) is 0 Å². The molecule has 1 aliphatic heterocycles. The van der Waals surface area contributed by atoms with Crippen LogP contribution in [0.2, 0.25) is 0 Å². The summed E-state index contributed by atoms with van der Waals surface area (Å²) in [4.78, 5) is 18.5. The average molecular weight is 277 g/mol. The van der Waals surface area contributed by atoms with Gasteiger partial charge in [0, 0.05) is 6.54 Å². The molecule has 0 bridgehead atoms. The van der Waals surface area contributed by atoms with Gasteiger partial charge in [0.15, 0.2) is 5.69 Å². The molecule has 2 fully saturated rings. The molecule has 108 valence electrons. The first-order valence-corrected chi connectivity index (χ1v) is 7.08. The van der Waals surface area contributed by atoms with Crippen LogP contribution in [0.15, 0.2) is 12.4 Å². The van der Waals surface area contributed by atoms with Crippen molar-refractivity contribution < 1.29 is 14.6 Å². The lowest BCUT2D eigenvalue weighted by Gasteiger charge is -2.46. The van der Waals surface area contributed by atoms with E-state index in [0.29, 0.717) is 17.8 Å². The minimum Gasteiger partial charge on any atom is -0.476 e. The van der Waals surface area contributed by atoms with Gasteiger partial charge >= 0.3 is 5.97 Å². The number of aromatic nitrogens is 2. The van der Waals surface area contributed by atoms with Crippen LogP contribution in [-0.2, 0) is 4.74 Å². The van der Waals surface area contributed by atoms with E-state index in [-0.39, 0.29) is 11.8 Å². The van der Waals surface area contributed by atoms with Gasteiger partial charge in [0.05, 0.1) is 25.1 Å². The Hall–Kier alpha value is -1.69. The number of ether oxygens (including phenoxy) is 1. The molecule has 1 unspecified atom stereocenters. The van der Waals surface area contributed by atoms with Gasteiger partial charge in [0.1, 0.15) is 5.82 Å². The van der Waals surface area contributed by atoms with Crippen LogP contribution in [-0.4, -0.2) is 40.3 Å². The third kappa shape index (κ3) is 2.75. The smallest absolute Gasteiger partial charge is 0.356 e. The fourth-order valence-corrected chi connectivity index (χ4v) is 2.90. The third-order valence-corrected chi connectivity index (χ3v) is 4.42. The number of rotatable bonds is 4. The third-order valence-electron chi connectivity index (χ3n) is 4.42.